The lowest BCUT2D eigenvalue weighted by molar-refractivity contribution is 0.176. The van der Waals surface area contributed by atoms with Crippen molar-refractivity contribution >= 4 is 11.2 Å². The Labute approximate surface area is 142 Å². The summed E-state index contributed by atoms with van der Waals surface area (Å²) in [5.41, 5.74) is 6.46. The SMILES string of the molecule is NC(O)c1ccc2nc1OCCCCOc1ccnc3[nH]c(=O)n-2c13. The number of pyridine rings is 2. The summed E-state index contributed by atoms with van der Waals surface area (Å²) in [5, 5.41) is 9.72. The molecule has 0 amide bonds. The Balaban J connectivity index is 1.99. The first-order chi connectivity index (χ1) is 12.1. The molecule has 9 nitrogen and oxygen atoms in total. The normalized spacial score (nSPS) is 15.6. The van der Waals surface area contributed by atoms with Gasteiger partial charge in [0.15, 0.2) is 5.65 Å². The average molecular weight is 343 g/mol. The van der Waals surface area contributed by atoms with Gasteiger partial charge in [0.1, 0.15) is 23.3 Å². The van der Waals surface area contributed by atoms with Crippen molar-refractivity contribution in [2.45, 2.75) is 19.1 Å². The highest BCUT2D eigenvalue weighted by molar-refractivity contribution is 5.80. The predicted molar refractivity (Wildman–Crippen MR) is 88.9 cm³/mol. The smallest absolute Gasteiger partial charge is 0.333 e. The van der Waals surface area contributed by atoms with Gasteiger partial charge in [0.25, 0.3) is 0 Å². The number of imidazole rings is 1. The maximum Gasteiger partial charge on any atom is 0.333 e. The van der Waals surface area contributed by atoms with Gasteiger partial charge in [0.05, 0.1) is 18.8 Å². The van der Waals surface area contributed by atoms with Crippen LogP contribution >= 0.6 is 0 Å². The van der Waals surface area contributed by atoms with Crippen LogP contribution in [-0.4, -0.2) is 37.8 Å². The molecule has 25 heavy (non-hydrogen) atoms. The van der Waals surface area contributed by atoms with Crippen LogP contribution < -0.4 is 20.9 Å². The topological polar surface area (TPSA) is 128 Å². The molecular weight excluding hydrogens is 326 g/mol. The van der Waals surface area contributed by atoms with Crippen molar-refractivity contribution in [3.63, 3.8) is 0 Å². The summed E-state index contributed by atoms with van der Waals surface area (Å²) in [4.78, 5) is 23.7. The Hall–Kier alpha value is -2.91. The van der Waals surface area contributed by atoms with Crippen molar-refractivity contribution < 1.29 is 14.6 Å². The molecule has 1 unspecified atom stereocenters. The number of H-pyrrole nitrogens is 1. The Morgan fingerprint density at radius 1 is 1.24 bits per heavy atom. The molecule has 3 aromatic rings. The molecule has 1 aliphatic rings. The quantitative estimate of drug-likeness (QED) is 0.552. The maximum atomic E-state index is 12.5. The van der Waals surface area contributed by atoms with Crippen molar-refractivity contribution in [3.8, 4) is 17.4 Å². The van der Waals surface area contributed by atoms with Crippen LogP contribution in [0.4, 0.5) is 0 Å². The summed E-state index contributed by atoms with van der Waals surface area (Å²) in [7, 11) is 0. The molecule has 0 saturated carbocycles. The van der Waals surface area contributed by atoms with E-state index in [0.29, 0.717) is 41.5 Å². The van der Waals surface area contributed by atoms with E-state index in [1.165, 1.54) is 4.57 Å². The van der Waals surface area contributed by atoms with E-state index in [-0.39, 0.29) is 5.88 Å². The zero-order chi connectivity index (χ0) is 17.4. The van der Waals surface area contributed by atoms with E-state index in [1.54, 1.807) is 24.4 Å². The molecule has 1 aliphatic heterocycles. The molecule has 0 spiro atoms. The van der Waals surface area contributed by atoms with E-state index < -0.39 is 11.9 Å². The number of aromatic nitrogens is 4. The van der Waals surface area contributed by atoms with E-state index in [2.05, 4.69) is 15.0 Å². The van der Waals surface area contributed by atoms with Crippen LogP contribution in [0.15, 0.2) is 29.2 Å². The Morgan fingerprint density at radius 2 is 2.04 bits per heavy atom. The molecule has 0 aromatic carbocycles. The van der Waals surface area contributed by atoms with Crippen LogP contribution in [0.1, 0.15) is 24.6 Å². The highest BCUT2D eigenvalue weighted by atomic mass is 16.5. The van der Waals surface area contributed by atoms with Gasteiger partial charge in [-0.2, -0.15) is 4.98 Å². The molecule has 4 N–H and O–H groups in total. The minimum Gasteiger partial charge on any atom is -0.491 e. The molecule has 1 atom stereocenters. The lowest BCUT2D eigenvalue weighted by Crippen LogP contribution is -2.19. The van der Waals surface area contributed by atoms with E-state index >= 15 is 0 Å². The lowest BCUT2D eigenvalue weighted by Gasteiger charge is -2.16. The van der Waals surface area contributed by atoms with Gasteiger partial charge >= 0.3 is 5.69 Å². The molecule has 3 aromatic heterocycles. The third kappa shape index (κ3) is 2.73. The third-order valence-electron chi connectivity index (χ3n) is 4.00. The fraction of sp³-hybridized carbons (Fsp3) is 0.312. The summed E-state index contributed by atoms with van der Waals surface area (Å²) >= 11 is 0. The number of fused-ring (bicyclic) bond motifs is 3. The van der Waals surface area contributed by atoms with Crippen LogP contribution in [-0.2, 0) is 0 Å². The highest BCUT2D eigenvalue weighted by Crippen LogP contribution is 2.27. The minimum atomic E-state index is -1.22. The molecule has 0 fully saturated rings. The van der Waals surface area contributed by atoms with Crippen LogP contribution in [0.25, 0.3) is 17.0 Å². The Kier molecular flexibility index (Phi) is 3.86. The predicted octanol–water partition coefficient (Wildman–Crippen LogP) is 0.610. The maximum absolute atomic E-state index is 12.5. The highest BCUT2D eigenvalue weighted by Gasteiger charge is 2.19. The standard InChI is InChI=1S/C16H17N5O4/c17-13(22)9-3-4-11-19-15(9)25-8-2-1-7-24-10-5-6-18-14-12(10)21(11)16(23)20-14/h3-6,13,22H,1-2,7-8,17H2,(H,18,20,23). The summed E-state index contributed by atoms with van der Waals surface area (Å²) < 4.78 is 12.9. The second kappa shape index (κ2) is 6.19. The fourth-order valence-electron chi connectivity index (χ4n) is 2.80. The summed E-state index contributed by atoms with van der Waals surface area (Å²) in [6, 6.07) is 4.90. The number of nitrogens with one attached hydrogen (secondary N) is 1. The third-order valence-corrected chi connectivity index (χ3v) is 4.00. The van der Waals surface area contributed by atoms with Gasteiger partial charge in [-0.3, -0.25) is 4.98 Å². The van der Waals surface area contributed by atoms with Crippen molar-refractivity contribution in [3.05, 3.63) is 40.4 Å². The van der Waals surface area contributed by atoms with Crippen LogP contribution in [0.5, 0.6) is 11.6 Å². The number of nitrogens with zero attached hydrogens (tertiary/aromatic N) is 3. The second-order valence-corrected chi connectivity index (χ2v) is 5.68. The van der Waals surface area contributed by atoms with Crippen molar-refractivity contribution in [2.75, 3.05) is 13.2 Å². The van der Waals surface area contributed by atoms with Gasteiger partial charge < -0.3 is 20.3 Å². The van der Waals surface area contributed by atoms with Crippen molar-refractivity contribution in [2.24, 2.45) is 5.73 Å². The van der Waals surface area contributed by atoms with Gasteiger partial charge in [-0.1, -0.05) is 0 Å². The molecule has 0 saturated heterocycles. The molecule has 2 bridgehead atoms. The Bertz CT molecular complexity index is 978. The van der Waals surface area contributed by atoms with E-state index in [4.69, 9.17) is 15.2 Å². The van der Waals surface area contributed by atoms with Crippen LogP contribution in [0.2, 0.25) is 0 Å². The molecule has 0 radical (unpaired) electrons. The van der Waals surface area contributed by atoms with Gasteiger partial charge in [0.2, 0.25) is 5.88 Å². The lowest BCUT2D eigenvalue weighted by atomic mass is 10.2. The first kappa shape index (κ1) is 15.6. The summed E-state index contributed by atoms with van der Waals surface area (Å²) in [6.45, 7) is 0.885. The molecule has 4 heterocycles. The molecule has 130 valence electrons. The summed E-state index contributed by atoms with van der Waals surface area (Å²) in [6.07, 6.45) is 1.88. The number of nitrogens with two attached hydrogens (primary N) is 1. The molecule has 0 aliphatic carbocycles. The number of rotatable bonds is 1. The van der Waals surface area contributed by atoms with E-state index in [0.717, 1.165) is 12.8 Å². The minimum absolute atomic E-state index is 0.209. The van der Waals surface area contributed by atoms with Gasteiger partial charge in [0, 0.05) is 12.3 Å². The summed E-state index contributed by atoms with van der Waals surface area (Å²) in [5.74, 6) is 1.09. The largest absolute Gasteiger partial charge is 0.491 e. The van der Waals surface area contributed by atoms with Gasteiger partial charge in [-0.05, 0) is 25.0 Å². The first-order valence-electron chi connectivity index (χ1n) is 7.95. The monoisotopic (exact) mass is 343 g/mol. The van der Waals surface area contributed by atoms with Crippen molar-refractivity contribution in [1.82, 2.24) is 19.5 Å². The molecule has 9 heteroatoms. The number of ether oxygens (including phenoxy) is 2. The number of hydrogen-bond acceptors (Lipinski definition) is 7. The number of aromatic amines is 1. The van der Waals surface area contributed by atoms with Crippen LogP contribution in [0.3, 0.4) is 0 Å². The molecular formula is C16H17N5O4. The van der Waals surface area contributed by atoms with E-state index in [9.17, 15) is 9.90 Å². The van der Waals surface area contributed by atoms with Crippen molar-refractivity contribution in [1.29, 1.82) is 0 Å². The average Bonchev–Trinajstić information content (AvgIpc) is 2.93. The number of aliphatic hydroxyl groups is 1. The first-order valence-corrected chi connectivity index (χ1v) is 7.95. The Morgan fingerprint density at radius 3 is 2.84 bits per heavy atom. The molecule has 4 rings (SSSR count). The van der Waals surface area contributed by atoms with Gasteiger partial charge in [-0.15, -0.1) is 0 Å². The van der Waals surface area contributed by atoms with Crippen LogP contribution in [0, 0.1) is 0 Å². The van der Waals surface area contributed by atoms with Gasteiger partial charge in [-0.25, -0.2) is 14.3 Å². The number of aliphatic hydroxyl groups excluding tert-OH is 1. The zero-order valence-electron chi connectivity index (χ0n) is 13.3. The zero-order valence-corrected chi connectivity index (χ0v) is 13.3. The number of hydrogen-bond donors (Lipinski definition) is 3. The second-order valence-electron chi connectivity index (χ2n) is 5.68. The fourth-order valence-corrected chi connectivity index (χ4v) is 2.80. The van der Waals surface area contributed by atoms with E-state index in [1.807, 2.05) is 0 Å².